The summed E-state index contributed by atoms with van der Waals surface area (Å²) in [5, 5.41) is 4.50. The molecule has 0 fully saturated rings. The molecule has 2 aromatic heterocycles. The second-order valence-corrected chi connectivity index (χ2v) is 7.85. The Kier molecular flexibility index (Phi) is 4.51. The fourth-order valence-corrected chi connectivity index (χ4v) is 3.18. The van der Waals surface area contributed by atoms with E-state index in [1.165, 1.54) is 0 Å². The summed E-state index contributed by atoms with van der Waals surface area (Å²) in [5.41, 5.74) is 2.92. The molecular weight excluding hydrogens is 316 g/mol. The van der Waals surface area contributed by atoms with Gasteiger partial charge in [0.1, 0.15) is 5.82 Å². The predicted molar refractivity (Wildman–Crippen MR) is 86.0 cm³/mol. The number of hydrogen-bond acceptors (Lipinski definition) is 5. The second-order valence-electron chi connectivity index (χ2n) is 6.02. The van der Waals surface area contributed by atoms with Crippen molar-refractivity contribution in [3.8, 4) is 0 Å². The van der Waals surface area contributed by atoms with Crippen LogP contribution < -0.4 is 4.72 Å². The molecule has 3 heterocycles. The number of aryl methyl sites for hydroxylation is 2. The van der Waals surface area contributed by atoms with E-state index in [0.717, 1.165) is 61.8 Å². The number of H-pyrrole nitrogens is 1. The van der Waals surface area contributed by atoms with E-state index in [4.69, 9.17) is 0 Å². The molecule has 0 atom stereocenters. The Balaban J connectivity index is 1.68. The van der Waals surface area contributed by atoms with Crippen molar-refractivity contribution in [3.63, 3.8) is 0 Å². The molecule has 0 aliphatic carbocycles. The molecule has 8 nitrogen and oxygen atoms in total. The van der Waals surface area contributed by atoms with Gasteiger partial charge in [-0.2, -0.15) is 5.10 Å². The highest BCUT2D eigenvalue weighted by Gasteiger charge is 2.18. The number of sulfonamides is 1. The van der Waals surface area contributed by atoms with Gasteiger partial charge in [-0.05, 0) is 19.4 Å². The number of hydrogen-bond donors (Lipinski definition) is 2. The highest BCUT2D eigenvalue weighted by molar-refractivity contribution is 7.88. The van der Waals surface area contributed by atoms with Crippen molar-refractivity contribution in [2.45, 2.75) is 39.5 Å². The van der Waals surface area contributed by atoms with Crippen LogP contribution in [0.2, 0.25) is 0 Å². The average Bonchev–Trinajstić information content (AvgIpc) is 2.98. The van der Waals surface area contributed by atoms with E-state index in [2.05, 4.69) is 24.7 Å². The van der Waals surface area contributed by atoms with Crippen LogP contribution in [-0.2, 0) is 36.2 Å². The first kappa shape index (κ1) is 16.2. The molecule has 0 spiro atoms. The number of aromatic amines is 1. The Morgan fingerprint density at radius 1 is 1.39 bits per heavy atom. The van der Waals surface area contributed by atoms with E-state index >= 15 is 0 Å². The molecule has 0 bridgehead atoms. The molecule has 0 amide bonds. The summed E-state index contributed by atoms with van der Waals surface area (Å²) in [7, 11) is -3.20. The smallest absolute Gasteiger partial charge is 0.209 e. The summed E-state index contributed by atoms with van der Waals surface area (Å²) in [6.07, 6.45) is 4.00. The van der Waals surface area contributed by atoms with Gasteiger partial charge in [0, 0.05) is 31.5 Å². The SMILES string of the molecule is Cc1cnc(CN2CCCn3nc(CNS(C)(=O)=O)cc3C2)[nH]1. The van der Waals surface area contributed by atoms with Gasteiger partial charge in [0.05, 0.1) is 30.7 Å². The fraction of sp³-hybridized carbons (Fsp3) is 0.571. The summed E-state index contributed by atoms with van der Waals surface area (Å²) >= 11 is 0. The number of nitrogens with one attached hydrogen (secondary N) is 2. The maximum atomic E-state index is 11.2. The Morgan fingerprint density at radius 3 is 2.91 bits per heavy atom. The lowest BCUT2D eigenvalue weighted by Gasteiger charge is -2.17. The lowest BCUT2D eigenvalue weighted by molar-refractivity contribution is 0.255. The third-order valence-corrected chi connectivity index (χ3v) is 4.46. The maximum absolute atomic E-state index is 11.2. The van der Waals surface area contributed by atoms with Crippen molar-refractivity contribution in [2.75, 3.05) is 12.8 Å². The first-order valence-corrected chi connectivity index (χ1v) is 9.51. The summed E-state index contributed by atoms with van der Waals surface area (Å²) < 4.78 is 26.9. The molecule has 0 saturated heterocycles. The standard InChI is InChI=1S/C14H22N6O2S/c1-11-7-15-14(17-11)10-19-4-3-5-20-13(9-19)6-12(18-20)8-16-23(2,21)22/h6-7,16H,3-5,8-10H2,1-2H3,(H,15,17). The normalized spacial score (nSPS) is 16.3. The van der Waals surface area contributed by atoms with Gasteiger partial charge in [0.15, 0.2) is 0 Å². The Bertz CT molecular complexity index is 779. The monoisotopic (exact) mass is 338 g/mol. The first-order valence-electron chi connectivity index (χ1n) is 7.62. The number of aromatic nitrogens is 4. The molecule has 126 valence electrons. The van der Waals surface area contributed by atoms with E-state index in [1.54, 1.807) is 0 Å². The zero-order chi connectivity index (χ0) is 16.4. The van der Waals surface area contributed by atoms with Crippen molar-refractivity contribution < 1.29 is 8.42 Å². The maximum Gasteiger partial charge on any atom is 0.209 e. The van der Waals surface area contributed by atoms with Gasteiger partial charge in [0.2, 0.25) is 10.0 Å². The quantitative estimate of drug-likeness (QED) is 0.821. The van der Waals surface area contributed by atoms with Gasteiger partial charge < -0.3 is 4.98 Å². The Hall–Kier alpha value is -1.71. The molecule has 23 heavy (non-hydrogen) atoms. The van der Waals surface area contributed by atoms with Crippen LogP contribution >= 0.6 is 0 Å². The molecule has 1 aliphatic heterocycles. The van der Waals surface area contributed by atoms with Crippen LogP contribution in [0.1, 0.15) is 29.3 Å². The zero-order valence-corrected chi connectivity index (χ0v) is 14.2. The third kappa shape index (κ3) is 4.40. The van der Waals surface area contributed by atoms with E-state index < -0.39 is 10.0 Å². The lowest BCUT2D eigenvalue weighted by Crippen LogP contribution is -2.23. The van der Waals surface area contributed by atoms with E-state index in [9.17, 15) is 8.42 Å². The molecule has 0 radical (unpaired) electrons. The number of fused-ring (bicyclic) bond motifs is 1. The predicted octanol–water partition coefficient (Wildman–Crippen LogP) is 0.370. The van der Waals surface area contributed by atoms with Crippen molar-refractivity contribution >= 4 is 10.0 Å². The highest BCUT2D eigenvalue weighted by Crippen LogP contribution is 2.15. The van der Waals surface area contributed by atoms with Crippen molar-refractivity contribution in [2.24, 2.45) is 0 Å². The number of rotatable bonds is 5. The van der Waals surface area contributed by atoms with Gasteiger partial charge in [-0.1, -0.05) is 0 Å². The molecule has 0 aromatic carbocycles. The van der Waals surface area contributed by atoms with Crippen LogP contribution in [0.25, 0.3) is 0 Å². The van der Waals surface area contributed by atoms with Crippen LogP contribution in [0.5, 0.6) is 0 Å². The molecule has 2 aromatic rings. The second kappa shape index (κ2) is 6.42. The average molecular weight is 338 g/mol. The van der Waals surface area contributed by atoms with E-state index in [1.807, 2.05) is 23.9 Å². The van der Waals surface area contributed by atoms with E-state index in [0.29, 0.717) is 0 Å². The molecule has 0 unspecified atom stereocenters. The molecule has 9 heteroatoms. The van der Waals surface area contributed by atoms with Gasteiger partial charge in [-0.25, -0.2) is 18.1 Å². The first-order chi connectivity index (χ1) is 10.9. The van der Waals surface area contributed by atoms with Crippen molar-refractivity contribution in [1.29, 1.82) is 0 Å². The topological polar surface area (TPSA) is 95.9 Å². The van der Waals surface area contributed by atoms with Crippen LogP contribution in [0.15, 0.2) is 12.3 Å². The van der Waals surface area contributed by atoms with Gasteiger partial charge in [-0.3, -0.25) is 9.58 Å². The minimum Gasteiger partial charge on any atom is -0.345 e. The summed E-state index contributed by atoms with van der Waals surface area (Å²) in [4.78, 5) is 9.95. The fourth-order valence-electron chi connectivity index (χ4n) is 2.77. The van der Waals surface area contributed by atoms with E-state index in [-0.39, 0.29) is 6.54 Å². The Labute approximate surface area is 136 Å². The van der Waals surface area contributed by atoms with Crippen LogP contribution in [0.3, 0.4) is 0 Å². The number of imidazole rings is 1. The third-order valence-electron chi connectivity index (χ3n) is 3.79. The summed E-state index contributed by atoms with van der Waals surface area (Å²) in [5.74, 6) is 0.967. The van der Waals surface area contributed by atoms with Crippen LogP contribution in [-0.4, -0.2) is 45.9 Å². The largest absolute Gasteiger partial charge is 0.345 e. The molecule has 1 aliphatic rings. The minimum absolute atomic E-state index is 0.232. The summed E-state index contributed by atoms with van der Waals surface area (Å²) in [6.45, 7) is 5.62. The minimum atomic E-state index is -3.20. The van der Waals surface area contributed by atoms with Gasteiger partial charge in [-0.15, -0.1) is 0 Å². The van der Waals surface area contributed by atoms with Crippen LogP contribution in [0.4, 0.5) is 0 Å². The van der Waals surface area contributed by atoms with Crippen molar-refractivity contribution in [3.05, 3.63) is 35.2 Å². The Morgan fingerprint density at radius 2 is 2.22 bits per heavy atom. The van der Waals surface area contributed by atoms with Crippen LogP contribution in [0, 0.1) is 6.92 Å². The molecule has 0 saturated carbocycles. The van der Waals surface area contributed by atoms with Crippen molar-refractivity contribution in [1.82, 2.24) is 29.4 Å². The lowest BCUT2D eigenvalue weighted by atomic mass is 10.3. The highest BCUT2D eigenvalue weighted by atomic mass is 32.2. The summed E-state index contributed by atoms with van der Waals surface area (Å²) in [6, 6.07) is 1.98. The number of nitrogens with zero attached hydrogens (tertiary/aromatic N) is 4. The molecule has 2 N–H and O–H groups in total. The van der Waals surface area contributed by atoms with Gasteiger partial charge in [0.25, 0.3) is 0 Å². The molecule has 3 rings (SSSR count). The molecular formula is C14H22N6O2S. The zero-order valence-electron chi connectivity index (χ0n) is 13.4. The van der Waals surface area contributed by atoms with Gasteiger partial charge >= 0.3 is 0 Å².